The Morgan fingerprint density at radius 1 is 0.378 bits per heavy atom. The lowest BCUT2D eigenvalue weighted by Gasteiger charge is -2.18. The van der Waals surface area contributed by atoms with Gasteiger partial charge in [0.2, 0.25) is 0 Å². The van der Waals surface area contributed by atoms with E-state index in [1.165, 1.54) is 32.7 Å². The van der Waals surface area contributed by atoms with Gasteiger partial charge in [0.05, 0.1) is 6.85 Å². The van der Waals surface area contributed by atoms with Crippen LogP contribution < -0.4 is 0 Å². The van der Waals surface area contributed by atoms with E-state index >= 15 is 0 Å². The fourth-order valence-corrected chi connectivity index (χ4v) is 7.34. The molecular weight excluding hydrogens is 544 g/mol. The molecule has 9 aromatic carbocycles. The molecule has 1 heteroatoms. The molecule has 10 rings (SSSR count). The second kappa shape index (κ2) is 9.29. The molecule has 0 saturated heterocycles. The number of para-hydroxylation sites is 1. The summed E-state index contributed by atoms with van der Waals surface area (Å²) in [6.07, 6.45) is 0. The van der Waals surface area contributed by atoms with Gasteiger partial charge in [-0.15, -0.1) is 0 Å². The molecule has 0 amide bonds. The standard InChI is InChI=1S/C44H26O/c1-2-9-27(10-3-1)31-25-39(44-38-14-6-7-16-40(38)45-41(44)26-31)35-22-18-30-19-23-36-34(21-17-29-20-24-37(35)43(30)42(29)36)33-15-8-12-28-11-4-5-13-32(28)33/h1-26H/i1D,2D,3D,9D,10D. The minimum atomic E-state index is -0.413. The van der Waals surface area contributed by atoms with Gasteiger partial charge in [-0.25, -0.2) is 0 Å². The molecular formula is C44H26O. The van der Waals surface area contributed by atoms with Gasteiger partial charge in [0.1, 0.15) is 11.2 Å². The highest BCUT2D eigenvalue weighted by Gasteiger charge is 2.20. The van der Waals surface area contributed by atoms with Gasteiger partial charge in [-0.1, -0.05) is 139 Å². The smallest absolute Gasteiger partial charge is 0.136 e. The van der Waals surface area contributed by atoms with Crippen molar-refractivity contribution in [3.63, 3.8) is 0 Å². The summed E-state index contributed by atoms with van der Waals surface area (Å²) < 4.78 is 48.9. The Kier molecular flexibility index (Phi) is 4.15. The highest BCUT2D eigenvalue weighted by Crippen LogP contribution is 2.46. The van der Waals surface area contributed by atoms with Crippen LogP contribution in [0.15, 0.2) is 162 Å². The first-order valence-electron chi connectivity index (χ1n) is 17.6. The molecule has 0 spiro atoms. The molecule has 0 bridgehead atoms. The lowest BCUT2D eigenvalue weighted by Crippen LogP contribution is -1.91. The zero-order valence-electron chi connectivity index (χ0n) is 29.0. The van der Waals surface area contributed by atoms with Gasteiger partial charge >= 0.3 is 0 Å². The van der Waals surface area contributed by atoms with Crippen LogP contribution in [0.4, 0.5) is 0 Å². The molecule has 0 N–H and O–H groups in total. The van der Waals surface area contributed by atoms with Crippen LogP contribution in [0, 0.1) is 0 Å². The van der Waals surface area contributed by atoms with Gasteiger partial charge in [-0.3, -0.25) is 0 Å². The summed E-state index contributed by atoms with van der Waals surface area (Å²) in [7, 11) is 0. The number of furan rings is 1. The van der Waals surface area contributed by atoms with Crippen molar-refractivity contribution in [1.29, 1.82) is 0 Å². The normalized spacial score (nSPS) is 13.6. The van der Waals surface area contributed by atoms with Gasteiger partial charge in [0.25, 0.3) is 0 Å². The molecule has 0 aliphatic rings. The van der Waals surface area contributed by atoms with E-state index in [0.717, 1.165) is 49.0 Å². The molecule has 0 aliphatic carbocycles. The monoisotopic (exact) mass is 575 g/mol. The van der Waals surface area contributed by atoms with E-state index in [9.17, 15) is 0 Å². The molecule has 0 radical (unpaired) electrons. The van der Waals surface area contributed by atoms with Crippen molar-refractivity contribution in [2.75, 3.05) is 0 Å². The van der Waals surface area contributed by atoms with E-state index in [2.05, 4.69) is 91.0 Å². The highest BCUT2D eigenvalue weighted by molar-refractivity contribution is 6.29. The Hall–Kier alpha value is -5.92. The summed E-state index contributed by atoms with van der Waals surface area (Å²) >= 11 is 0. The van der Waals surface area contributed by atoms with Crippen molar-refractivity contribution in [2.45, 2.75) is 0 Å². The van der Waals surface area contributed by atoms with Crippen LogP contribution in [0.5, 0.6) is 0 Å². The first kappa shape index (κ1) is 20.1. The van der Waals surface area contributed by atoms with Gasteiger partial charge in [-0.2, -0.15) is 0 Å². The molecule has 0 unspecified atom stereocenters. The topological polar surface area (TPSA) is 13.1 Å². The molecule has 45 heavy (non-hydrogen) atoms. The number of hydrogen-bond acceptors (Lipinski definition) is 1. The average Bonchev–Trinajstić information content (AvgIpc) is 3.53. The quantitative estimate of drug-likeness (QED) is 0.191. The van der Waals surface area contributed by atoms with Crippen molar-refractivity contribution >= 4 is 65.0 Å². The molecule has 0 saturated carbocycles. The van der Waals surface area contributed by atoms with Gasteiger partial charge in [-0.05, 0) is 94.7 Å². The summed E-state index contributed by atoms with van der Waals surface area (Å²) in [4.78, 5) is 0. The molecule has 208 valence electrons. The van der Waals surface area contributed by atoms with Crippen molar-refractivity contribution < 1.29 is 11.3 Å². The molecule has 0 fully saturated rings. The minimum Gasteiger partial charge on any atom is -0.456 e. The van der Waals surface area contributed by atoms with Crippen LogP contribution in [0.2, 0.25) is 0 Å². The lowest BCUT2D eigenvalue weighted by atomic mass is 9.85. The van der Waals surface area contributed by atoms with Crippen molar-refractivity contribution in [1.82, 2.24) is 0 Å². The predicted molar refractivity (Wildman–Crippen MR) is 191 cm³/mol. The first-order chi connectivity index (χ1) is 24.4. The van der Waals surface area contributed by atoms with E-state index < -0.39 is 6.04 Å². The van der Waals surface area contributed by atoms with E-state index in [1.807, 2.05) is 30.3 Å². The van der Waals surface area contributed by atoms with E-state index in [1.54, 1.807) is 6.07 Å². The summed E-state index contributed by atoms with van der Waals surface area (Å²) in [5, 5.41) is 11.2. The Morgan fingerprint density at radius 2 is 1.00 bits per heavy atom. The number of hydrogen-bond donors (Lipinski definition) is 0. The molecule has 10 aromatic rings. The highest BCUT2D eigenvalue weighted by atomic mass is 16.3. The second-order valence-corrected chi connectivity index (χ2v) is 11.7. The molecule has 1 heterocycles. The Balaban J connectivity index is 1.31. The fourth-order valence-electron chi connectivity index (χ4n) is 7.34. The van der Waals surface area contributed by atoms with Crippen LogP contribution in [0.3, 0.4) is 0 Å². The van der Waals surface area contributed by atoms with Crippen molar-refractivity contribution in [3.8, 4) is 33.4 Å². The van der Waals surface area contributed by atoms with Gasteiger partial charge in [0, 0.05) is 10.8 Å². The summed E-state index contributed by atoms with van der Waals surface area (Å²) in [5.74, 6) is 0. The summed E-state index contributed by atoms with van der Waals surface area (Å²) in [6, 6.07) is 42.6. The number of fused-ring (bicyclic) bond motifs is 4. The van der Waals surface area contributed by atoms with Crippen molar-refractivity contribution in [2.24, 2.45) is 0 Å². The summed E-state index contributed by atoms with van der Waals surface area (Å²) in [6.45, 7) is 0. The van der Waals surface area contributed by atoms with Crippen LogP contribution in [-0.2, 0) is 0 Å². The maximum atomic E-state index is 8.77. The third-order valence-corrected chi connectivity index (χ3v) is 9.30. The van der Waals surface area contributed by atoms with Crippen molar-refractivity contribution in [3.05, 3.63) is 158 Å². The van der Waals surface area contributed by atoms with Crippen LogP contribution in [0.1, 0.15) is 6.85 Å². The third kappa shape index (κ3) is 3.56. The lowest BCUT2D eigenvalue weighted by molar-refractivity contribution is 0.669. The Morgan fingerprint density at radius 3 is 1.78 bits per heavy atom. The van der Waals surface area contributed by atoms with Crippen LogP contribution >= 0.6 is 0 Å². The van der Waals surface area contributed by atoms with Crippen LogP contribution in [0.25, 0.3) is 98.4 Å². The fraction of sp³-hybridized carbons (Fsp3) is 0. The third-order valence-electron chi connectivity index (χ3n) is 9.30. The zero-order chi connectivity index (χ0) is 33.8. The molecule has 0 aliphatic heterocycles. The van der Waals surface area contributed by atoms with E-state index in [4.69, 9.17) is 11.3 Å². The maximum absolute atomic E-state index is 8.77. The zero-order valence-corrected chi connectivity index (χ0v) is 24.0. The maximum Gasteiger partial charge on any atom is 0.136 e. The number of benzene rings is 9. The molecule has 0 atom stereocenters. The van der Waals surface area contributed by atoms with Gasteiger partial charge < -0.3 is 4.42 Å². The molecule has 1 nitrogen and oxygen atoms in total. The average molecular weight is 576 g/mol. The van der Waals surface area contributed by atoms with Crippen LogP contribution in [-0.4, -0.2) is 0 Å². The second-order valence-electron chi connectivity index (χ2n) is 11.7. The summed E-state index contributed by atoms with van der Waals surface area (Å²) in [5.41, 5.74) is 6.20. The van der Waals surface area contributed by atoms with Gasteiger partial charge in [0.15, 0.2) is 0 Å². The van der Waals surface area contributed by atoms with E-state index in [-0.39, 0.29) is 29.7 Å². The minimum absolute atomic E-state index is 0.150. The predicted octanol–water partition coefficient (Wildman–Crippen LogP) is 12.6. The number of rotatable bonds is 3. The van der Waals surface area contributed by atoms with E-state index in [0.29, 0.717) is 11.1 Å². The molecule has 1 aromatic heterocycles. The largest absolute Gasteiger partial charge is 0.456 e. The SMILES string of the molecule is [2H]c1c([2H])c([2H])c(-c2cc(-c3ccc4ccc5c(-c6cccc7ccccc67)ccc6ccc3c4c65)c3c(c2)oc2ccccc23)c([2H])c1[2H]. The Labute approximate surface area is 266 Å². The Bertz CT molecular complexity index is 3010. The first-order valence-corrected chi connectivity index (χ1v) is 15.1.